The van der Waals surface area contributed by atoms with Crippen LogP contribution in [-0.2, 0) is 37.9 Å². The Hall–Kier alpha value is -4.78. The Bertz CT molecular complexity index is 2010. The minimum Gasteiger partial charge on any atom is -0.316 e. The van der Waals surface area contributed by atoms with Crippen LogP contribution >= 0.6 is 11.8 Å². The van der Waals surface area contributed by atoms with Crippen LogP contribution in [0.5, 0.6) is 0 Å². The lowest BCUT2D eigenvalue weighted by molar-refractivity contribution is -0.137. The molecule has 0 aliphatic heterocycles. The summed E-state index contributed by atoms with van der Waals surface area (Å²) in [6.45, 7) is 6.67. The maximum Gasteiger partial charge on any atom is 0.416 e. The van der Waals surface area contributed by atoms with E-state index in [4.69, 9.17) is 0 Å². The molecule has 8 nitrogen and oxygen atoms in total. The summed E-state index contributed by atoms with van der Waals surface area (Å²) in [6.07, 6.45) is -0.516. The predicted octanol–water partition coefficient (Wildman–Crippen LogP) is 7.26. The molecule has 0 radical (unpaired) electrons. The fraction of sp³-hybridized carbons (Fsp3) is 0.306. The van der Waals surface area contributed by atoms with E-state index in [1.54, 1.807) is 18.3 Å². The van der Waals surface area contributed by atoms with Crippen LogP contribution < -0.4 is 11.0 Å². The van der Waals surface area contributed by atoms with Gasteiger partial charge in [-0.15, -0.1) is 10.2 Å². The number of hydrogen-bond acceptors (Lipinski definition) is 7. The van der Waals surface area contributed by atoms with Gasteiger partial charge in [0.25, 0.3) is 5.56 Å². The van der Waals surface area contributed by atoms with Crippen LogP contribution in [0.25, 0.3) is 11.1 Å². The summed E-state index contributed by atoms with van der Waals surface area (Å²) in [7, 11) is 0. The molecule has 0 spiro atoms. The average molecular weight is 690 g/mol. The third kappa shape index (κ3) is 8.27. The van der Waals surface area contributed by atoms with Crippen LogP contribution in [0.15, 0.2) is 87.8 Å². The lowest BCUT2D eigenvalue weighted by Crippen LogP contribution is -2.31. The Morgan fingerprint density at radius 3 is 2.16 bits per heavy atom. The first kappa shape index (κ1) is 34.1. The molecule has 1 aliphatic rings. The number of halogens is 4. The van der Waals surface area contributed by atoms with Crippen LogP contribution in [0.4, 0.5) is 17.6 Å². The Labute approximate surface area is 285 Å². The highest BCUT2D eigenvalue weighted by molar-refractivity contribution is 7.98. The Kier molecular flexibility index (Phi) is 9.73. The zero-order valence-electron chi connectivity index (χ0n) is 27.3. The van der Waals surface area contributed by atoms with E-state index in [2.05, 4.69) is 25.7 Å². The second kappa shape index (κ2) is 14.0. The first-order valence-electron chi connectivity index (χ1n) is 15.8. The van der Waals surface area contributed by atoms with Gasteiger partial charge in [0.2, 0.25) is 0 Å². The van der Waals surface area contributed by atoms with E-state index in [1.165, 1.54) is 36.0 Å². The minimum atomic E-state index is -4.39. The topological polar surface area (TPSA) is 90.0 Å². The van der Waals surface area contributed by atoms with Crippen molar-refractivity contribution < 1.29 is 17.6 Å². The first-order chi connectivity index (χ1) is 23.3. The maximum absolute atomic E-state index is 13.5. The summed E-state index contributed by atoms with van der Waals surface area (Å²) in [6, 6.07) is 19.0. The molecule has 0 fully saturated rings. The fourth-order valence-corrected chi connectivity index (χ4v) is 6.55. The molecule has 254 valence electrons. The van der Waals surface area contributed by atoms with Gasteiger partial charge in [-0.05, 0) is 86.6 Å². The van der Waals surface area contributed by atoms with Gasteiger partial charge in [0.05, 0.1) is 24.9 Å². The zero-order valence-corrected chi connectivity index (χ0v) is 28.1. The summed E-state index contributed by atoms with van der Waals surface area (Å²) in [5, 5.41) is 14.0. The van der Waals surface area contributed by atoms with Gasteiger partial charge in [-0.25, -0.2) is 4.39 Å². The molecule has 0 bridgehead atoms. The highest BCUT2D eigenvalue weighted by Crippen LogP contribution is 2.31. The van der Waals surface area contributed by atoms with Crippen molar-refractivity contribution in [1.29, 1.82) is 0 Å². The highest BCUT2D eigenvalue weighted by Gasteiger charge is 2.30. The number of nitrogens with one attached hydrogen (secondary N) is 1. The summed E-state index contributed by atoms with van der Waals surface area (Å²) in [5.41, 5.74) is 6.84. The second-order valence-electron chi connectivity index (χ2n) is 12.9. The molecule has 3 aromatic carbocycles. The van der Waals surface area contributed by atoms with E-state index in [0.29, 0.717) is 53.2 Å². The summed E-state index contributed by atoms with van der Waals surface area (Å²) in [4.78, 5) is 17.5. The van der Waals surface area contributed by atoms with Gasteiger partial charge in [0.1, 0.15) is 5.82 Å². The zero-order chi connectivity index (χ0) is 34.8. The molecule has 1 N–H and O–H groups in total. The number of alkyl halides is 3. The number of hydrogen-bond donors (Lipinski definition) is 1. The van der Waals surface area contributed by atoms with Crippen molar-refractivity contribution in [1.82, 2.24) is 29.7 Å². The largest absolute Gasteiger partial charge is 0.416 e. The maximum atomic E-state index is 13.5. The molecule has 13 heteroatoms. The number of thioether (sulfide) groups is 1. The molecule has 5 aromatic rings. The van der Waals surface area contributed by atoms with Gasteiger partial charge >= 0.3 is 6.18 Å². The molecule has 2 aromatic heterocycles. The van der Waals surface area contributed by atoms with Gasteiger partial charge in [-0.1, -0.05) is 60.3 Å². The predicted molar refractivity (Wildman–Crippen MR) is 182 cm³/mol. The van der Waals surface area contributed by atoms with Crippen molar-refractivity contribution in [2.45, 2.75) is 75.7 Å². The smallest absolute Gasteiger partial charge is 0.316 e. The Morgan fingerprint density at radius 1 is 0.857 bits per heavy atom. The van der Waals surface area contributed by atoms with Gasteiger partial charge in [-0.3, -0.25) is 4.79 Å². The number of rotatable bonds is 10. The molecule has 0 unspecified atom stereocenters. The van der Waals surface area contributed by atoms with E-state index in [0.717, 1.165) is 47.4 Å². The van der Waals surface area contributed by atoms with E-state index >= 15 is 0 Å². The number of aromatic nitrogens is 5. The molecule has 6 rings (SSSR count). The fourth-order valence-electron chi connectivity index (χ4n) is 5.58. The van der Waals surface area contributed by atoms with E-state index in [9.17, 15) is 22.4 Å². The molecular weight excluding hydrogens is 655 g/mol. The molecule has 49 heavy (non-hydrogen) atoms. The first-order valence-corrected chi connectivity index (χ1v) is 16.8. The van der Waals surface area contributed by atoms with Crippen LogP contribution in [0.3, 0.4) is 0 Å². The van der Waals surface area contributed by atoms with Crippen LogP contribution in [0.1, 0.15) is 66.8 Å². The van der Waals surface area contributed by atoms with Crippen molar-refractivity contribution in [2.24, 2.45) is 5.10 Å². The van der Waals surface area contributed by atoms with E-state index in [1.807, 2.05) is 54.2 Å². The molecular formula is C36H35F4N7OS. The standard InChI is InChI=1S/C36H35F4N7OS/c1-35(2,3)45-41-19-31-43-44-32(47(31)20-23-7-11-25(12-8-23)26-13-15-27(16-14-26)36(38,39)40)21-46-30-6-4-5-29(30)33(48)42-34(46)49-22-24-9-17-28(37)18-10-24/h7-19,45H,4-6,20-22H2,1-3H3. The van der Waals surface area contributed by atoms with Gasteiger partial charge in [0.15, 0.2) is 16.8 Å². The Balaban J connectivity index is 1.32. The summed E-state index contributed by atoms with van der Waals surface area (Å²) in [5.74, 6) is 1.34. The normalized spacial score (nSPS) is 13.3. The molecule has 1 aliphatic carbocycles. The second-order valence-corrected chi connectivity index (χ2v) is 13.9. The Morgan fingerprint density at radius 2 is 1.51 bits per heavy atom. The van der Waals surface area contributed by atoms with Gasteiger partial charge < -0.3 is 14.6 Å². The van der Waals surface area contributed by atoms with Crippen molar-refractivity contribution in [2.75, 3.05) is 0 Å². The number of fused-ring (bicyclic) bond motifs is 1. The van der Waals surface area contributed by atoms with Crippen LogP contribution in [-0.4, -0.2) is 36.1 Å². The van der Waals surface area contributed by atoms with Crippen molar-refractivity contribution >= 4 is 18.0 Å². The van der Waals surface area contributed by atoms with Crippen molar-refractivity contribution in [3.8, 4) is 11.1 Å². The van der Waals surface area contributed by atoms with E-state index < -0.39 is 11.7 Å². The SMILES string of the molecule is CC(C)(C)NN=Cc1nnc(Cn2c(SCc3ccc(F)cc3)nc(=O)c3c2CCC3)n1Cc1ccc(-c2ccc(C(F)(F)F)cc2)cc1. The van der Waals surface area contributed by atoms with Gasteiger partial charge in [0, 0.05) is 22.5 Å². The molecule has 0 saturated carbocycles. The monoisotopic (exact) mass is 689 g/mol. The van der Waals surface area contributed by atoms with E-state index in [-0.39, 0.29) is 16.9 Å². The molecule has 0 saturated heterocycles. The summed E-state index contributed by atoms with van der Waals surface area (Å²) < 4.78 is 56.7. The van der Waals surface area contributed by atoms with Crippen LogP contribution in [0.2, 0.25) is 0 Å². The van der Waals surface area contributed by atoms with Crippen LogP contribution in [0, 0.1) is 5.82 Å². The highest BCUT2D eigenvalue weighted by atomic mass is 32.2. The van der Waals surface area contributed by atoms with Gasteiger partial charge in [-0.2, -0.15) is 23.3 Å². The minimum absolute atomic E-state index is 0.221. The average Bonchev–Trinajstić information content (AvgIpc) is 3.70. The summed E-state index contributed by atoms with van der Waals surface area (Å²) >= 11 is 1.41. The number of nitrogens with zero attached hydrogens (tertiary/aromatic N) is 6. The lowest BCUT2D eigenvalue weighted by Gasteiger charge is -2.18. The molecule has 0 atom stereocenters. The molecule has 0 amide bonds. The van der Waals surface area contributed by atoms with Crippen molar-refractivity contribution in [3.63, 3.8) is 0 Å². The quantitative estimate of drug-likeness (QED) is 0.0546. The van der Waals surface area contributed by atoms with Crippen molar-refractivity contribution in [3.05, 3.63) is 129 Å². The third-order valence-corrected chi connectivity index (χ3v) is 9.11. The number of benzene rings is 3. The molecule has 2 heterocycles. The number of hydrazone groups is 1. The third-order valence-electron chi connectivity index (χ3n) is 8.06. The lowest BCUT2D eigenvalue weighted by atomic mass is 10.0.